The highest BCUT2D eigenvalue weighted by molar-refractivity contribution is 5.95. The maximum Gasteiger partial charge on any atom is 0.309 e. The molecule has 5 rings (SSSR count). The molecule has 0 amide bonds. The zero-order valence-electron chi connectivity index (χ0n) is 21.1. The molecule has 0 bridgehead atoms. The molecule has 0 aromatic rings. The largest absolute Gasteiger partial charge is 0.462 e. The Balaban J connectivity index is 1.48. The minimum atomic E-state index is -1.60. The van der Waals surface area contributed by atoms with Crippen LogP contribution >= 0.6 is 0 Å². The van der Waals surface area contributed by atoms with Gasteiger partial charge in [0.1, 0.15) is 6.10 Å². The number of allylic oxidation sites excluding steroid dienone is 1. The minimum Gasteiger partial charge on any atom is -0.462 e. The third kappa shape index (κ3) is 3.16. The van der Waals surface area contributed by atoms with E-state index in [-0.39, 0.29) is 67.7 Å². The summed E-state index contributed by atoms with van der Waals surface area (Å²) < 4.78 is 5.33. The first-order valence-corrected chi connectivity index (χ1v) is 13.1. The summed E-state index contributed by atoms with van der Waals surface area (Å²) in [6.45, 7) is 7.36. The Hall–Kier alpha value is -1.32. The zero-order chi connectivity index (χ0) is 25.7. The summed E-state index contributed by atoms with van der Waals surface area (Å²) in [6.07, 6.45) is 0.230. The summed E-state index contributed by atoms with van der Waals surface area (Å²) in [6, 6.07) is 0. The molecule has 8 heteroatoms. The molecule has 1 saturated heterocycles. The van der Waals surface area contributed by atoms with E-state index in [9.17, 15) is 35.1 Å². The van der Waals surface area contributed by atoms with Crippen molar-refractivity contribution in [2.75, 3.05) is 0 Å². The predicted octanol–water partition coefficient (Wildman–Crippen LogP) is 1.25. The lowest BCUT2D eigenvalue weighted by molar-refractivity contribution is -0.204. The molecule has 12 atom stereocenters. The highest BCUT2D eigenvalue weighted by Gasteiger charge is 2.72. The smallest absolute Gasteiger partial charge is 0.309 e. The van der Waals surface area contributed by atoms with Gasteiger partial charge in [-0.3, -0.25) is 9.59 Å². The second kappa shape index (κ2) is 7.84. The molecule has 1 aliphatic heterocycles. The molecule has 4 fully saturated rings. The molecule has 4 aliphatic carbocycles. The SMILES string of the molecule is CC1OC(=O)C(C)C1CC(O)C1(O)CCC2(O)C3=CC(=O)C4CC(O)C(O)CC4(C)C3CCC21C. The van der Waals surface area contributed by atoms with Crippen LogP contribution in [0.2, 0.25) is 0 Å². The zero-order valence-corrected chi connectivity index (χ0v) is 21.1. The number of fused-ring (bicyclic) bond motifs is 5. The standard InChI is InChI=1S/C27H40O8/c1-13-15(14(2)35-23(13)32)9-22(31)27(34)8-7-26(33)17-10-19(28)18-11-20(29)21(30)12-24(18,3)16(17)5-6-25(26,27)4/h10,13-16,18,20-22,29-31,33-34H,5-9,11-12H2,1-4H3. The number of hydrogen-bond donors (Lipinski definition) is 5. The van der Waals surface area contributed by atoms with Gasteiger partial charge in [-0.2, -0.15) is 0 Å². The Bertz CT molecular complexity index is 963. The first-order chi connectivity index (χ1) is 16.2. The number of aliphatic hydroxyl groups is 5. The molecule has 0 aromatic heterocycles. The molecule has 12 unspecified atom stereocenters. The summed E-state index contributed by atoms with van der Waals surface area (Å²) in [5.74, 6) is -1.65. The number of esters is 1. The van der Waals surface area contributed by atoms with Crippen LogP contribution in [0, 0.1) is 34.5 Å². The number of carbonyl (C=O) groups is 2. The molecular formula is C27H40O8. The van der Waals surface area contributed by atoms with Gasteiger partial charge in [0.15, 0.2) is 5.78 Å². The van der Waals surface area contributed by atoms with Gasteiger partial charge in [0.05, 0.1) is 35.4 Å². The number of hydrogen-bond acceptors (Lipinski definition) is 8. The molecule has 1 heterocycles. The Kier molecular flexibility index (Phi) is 5.67. The number of ketones is 1. The van der Waals surface area contributed by atoms with Crippen molar-refractivity contribution >= 4 is 11.8 Å². The van der Waals surface area contributed by atoms with E-state index in [1.165, 1.54) is 6.08 Å². The fraction of sp³-hybridized carbons (Fsp3) is 0.852. The molecule has 5 N–H and O–H groups in total. The normalized spacial score (nSPS) is 54.4. The van der Waals surface area contributed by atoms with E-state index < -0.39 is 46.3 Å². The molecule has 0 radical (unpaired) electrons. The predicted molar refractivity (Wildman–Crippen MR) is 125 cm³/mol. The molecule has 8 nitrogen and oxygen atoms in total. The number of aliphatic hydroxyl groups excluding tert-OH is 3. The van der Waals surface area contributed by atoms with Crippen LogP contribution < -0.4 is 0 Å². The number of cyclic esters (lactones) is 1. The fourth-order valence-corrected chi connectivity index (χ4v) is 8.77. The average molecular weight is 493 g/mol. The van der Waals surface area contributed by atoms with Gasteiger partial charge in [-0.1, -0.05) is 20.8 Å². The summed E-state index contributed by atoms with van der Waals surface area (Å²) in [5, 5.41) is 56.3. The van der Waals surface area contributed by atoms with Crippen LogP contribution in [0.1, 0.15) is 72.6 Å². The monoisotopic (exact) mass is 492 g/mol. The third-order valence-corrected chi connectivity index (χ3v) is 11.3. The van der Waals surface area contributed by atoms with E-state index in [0.717, 1.165) is 0 Å². The Morgan fingerprint density at radius 2 is 1.74 bits per heavy atom. The van der Waals surface area contributed by atoms with Gasteiger partial charge in [0.25, 0.3) is 0 Å². The van der Waals surface area contributed by atoms with Crippen molar-refractivity contribution in [2.24, 2.45) is 34.5 Å². The van der Waals surface area contributed by atoms with E-state index in [1.807, 2.05) is 13.8 Å². The van der Waals surface area contributed by atoms with Crippen molar-refractivity contribution in [2.45, 2.75) is 108 Å². The Morgan fingerprint density at radius 1 is 1.06 bits per heavy atom. The molecule has 0 spiro atoms. The van der Waals surface area contributed by atoms with Crippen LogP contribution in [0.15, 0.2) is 11.6 Å². The molecule has 196 valence electrons. The van der Waals surface area contributed by atoms with Crippen molar-refractivity contribution in [3.05, 3.63) is 11.6 Å². The third-order valence-electron chi connectivity index (χ3n) is 11.3. The van der Waals surface area contributed by atoms with Gasteiger partial charge in [0, 0.05) is 17.3 Å². The lowest BCUT2D eigenvalue weighted by Crippen LogP contribution is -2.65. The minimum absolute atomic E-state index is 0.150. The summed E-state index contributed by atoms with van der Waals surface area (Å²) in [4.78, 5) is 25.3. The van der Waals surface area contributed by atoms with Gasteiger partial charge in [0.2, 0.25) is 0 Å². The van der Waals surface area contributed by atoms with Crippen molar-refractivity contribution in [3.63, 3.8) is 0 Å². The van der Waals surface area contributed by atoms with Crippen LogP contribution in [-0.2, 0) is 14.3 Å². The van der Waals surface area contributed by atoms with Crippen LogP contribution in [-0.4, -0.2) is 72.9 Å². The van der Waals surface area contributed by atoms with Gasteiger partial charge >= 0.3 is 5.97 Å². The highest BCUT2D eigenvalue weighted by atomic mass is 16.6. The first-order valence-electron chi connectivity index (χ1n) is 13.1. The molecule has 5 aliphatic rings. The Morgan fingerprint density at radius 3 is 2.37 bits per heavy atom. The number of carbonyl (C=O) groups excluding carboxylic acids is 2. The van der Waals surface area contributed by atoms with Crippen LogP contribution in [0.5, 0.6) is 0 Å². The van der Waals surface area contributed by atoms with Crippen molar-refractivity contribution < 1.29 is 39.9 Å². The van der Waals surface area contributed by atoms with Crippen LogP contribution in [0.4, 0.5) is 0 Å². The van der Waals surface area contributed by atoms with Crippen LogP contribution in [0.3, 0.4) is 0 Å². The first kappa shape index (κ1) is 25.3. The summed E-state index contributed by atoms with van der Waals surface area (Å²) >= 11 is 0. The van der Waals surface area contributed by atoms with Crippen molar-refractivity contribution in [3.8, 4) is 0 Å². The van der Waals surface area contributed by atoms with Crippen molar-refractivity contribution in [1.82, 2.24) is 0 Å². The number of rotatable bonds is 3. The maximum absolute atomic E-state index is 13.3. The highest BCUT2D eigenvalue weighted by Crippen LogP contribution is 2.68. The topological polar surface area (TPSA) is 145 Å². The lowest BCUT2D eigenvalue weighted by atomic mass is 9.45. The van der Waals surface area contributed by atoms with Gasteiger partial charge < -0.3 is 30.3 Å². The average Bonchev–Trinajstić information content (AvgIpc) is 3.15. The molecule has 0 aromatic carbocycles. The van der Waals surface area contributed by atoms with E-state index in [2.05, 4.69) is 0 Å². The fourth-order valence-electron chi connectivity index (χ4n) is 8.77. The van der Waals surface area contributed by atoms with E-state index in [4.69, 9.17) is 4.74 Å². The maximum atomic E-state index is 13.3. The van der Waals surface area contributed by atoms with Gasteiger partial charge in [-0.05, 0) is 74.9 Å². The number of ether oxygens (including phenoxy) is 1. The Labute approximate surface area is 206 Å². The second-order valence-electron chi connectivity index (χ2n) is 12.7. The summed E-state index contributed by atoms with van der Waals surface area (Å²) in [5.41, 5.74) is -4.16. The van der Waals surface area contributed by atoms with E-state index >= 15 is 0 Å². The lowest BCUT2D eigenvalue weighted by Gasteiger charge is -2.61. The van der Waals surface area contributed by atoms with E-state index in [0.29, 0.717) is 18.4 Å². The molecular weight excluding hydrogens is 452 g/mol. The van der Waals surface area contributed by atoms with E-state index in [1.54, 1.807) is 13.8 Å². The molecule has 35 heavy (non-hydrogen) atoms. The van der Waals surface area contributed by atoms with Crippen LogP contribution in [0.25, 0.3) is 0 Å². The van der Waals surface area contributed by atoms with Crippen molar-refractivity contribution in [1.29, 1.82) is 0 Å². The van der Waals surface area contributed by atoms with Gasteiger partial charge in [-0.25, -0.2) is 0 Å². The summed E-state index contributed by atoms with van der Waals surface area (Å²) in [7, 11) is 0. The molecule has 3 saturated carbocycles. The quantitative estimate of drug-likeness (QED) is 0.370. The second-order valence-corrected chi connectivity index (χ2v) is 12.7. The van der Waals surface area contributed by atoms with Gasteiger partial charge in [-0.15, -0.1) is 0 Å².